The lowest BCUT2D eigenvalue weighted by molar-refractivity contribution is 0.0594. The second-order valence-corrected chi connectivity index (χ2v) is 3.99. The van der Waals surface area contributed by atoms with E-state index in [1.807, 2.05) is 4.90 Å². The summed E-state index contributed by atoms with van der Waals surface area (Å²) in [4.78, 5) is 21.7. The van der Waals surface area contributed by atoms with Crippen molar-refractivity contribution < 1.29 is 9.53 Å². The van der Waals surface area contributed by atoms with Crippen molar-refractivity contribution in [1.82, 2.24) is 15.3 Å². The Morgan fingerprint density at radius 2 is 2.18 bits per heavy atom. The number of halogens is 1. The fraction of sp³-hybridized carbons (Fsp3) is 0.500. The van der Waals surface area contributed by atoms with Gasteiger partial charge in [-0.2, -0.15) is 0 Å². The molecule has 0 spiro atoms. The third-order valence-corrected chi connectivity index (χ3v) is 2.67. The van der Waals surface area contributed by atoms with Crippen molar-refractivity contribution in [2.24, 2.45) is 0 Å². The van der Waals surface area contributed by atoms with E-state index in [4.69, 9.17) is 11.6 Å². The maximum Gasteiger partial charge on any atom is 0.356 e. The van der Waals surface area contributed by atoms with Gasteiger partial charge in [0.25, 0.3) is 0 Å². The first kappa shape index (κ1) is 12.1. The fourth-order valence-corrected chi connectivity index (χ4v) is 1.80. The number of aromatic nitrogens is 2. The largest absolute Gasteiger partial charge is 0.464 e. The predicted octanol–water partition coefficient (Wildman–Crippen LogP) is 0.326. The minimum atomic E-state index is -0.509. The lowest BCUT2D eigenvalue weighted by Gasteiger charge is -2.27. The lowest BCUT2D eigenvalue weighted by atomic mass is 10.3. The summed E-state index contributed by atoms with van der Waals surface area (Å²) in [6.07, 6.45) is 0. The van der Waals surface area contributed by atoms with Crippen LogP contribution in [-0.2, 0) is 4.74 Å². The molecule has 0 unspecified atom stereocenters. The maximum absolute atomic E-state index is 11.4. The molecule has 1 aromatic heterocycles. The molecule has 0 atom stereocenters. The van der Waals surface area contributed by atoms with E-state index >= 15 is 0 Å². The highest BCUT2D eigenvalue weighted by Crippen LogP contribution is 2.15. The molecule has 0 saturated carbocycles. The Balaban J connectivity index is 2.27. The highest BCUT2D eigenvalue weighted by atomic mass is 35.5. The smallest absolute Gasteiger partial charge is 0.356 e. The molecular formula is C10H13ClN4O2. The Kier molecular flexibility index (Phi) is 3.75. The molecule has 7 heteroatoms. The molecule has 0 amide bonds. The van der Waals surface area contributed by atoms with Gasteiger partial charge in [-0.3, -0.25) is 0 Å². The second-order valence-electron chi connectivity index (χ2n) is 3.60. The van der Waals surface area contributed by atoms with Crippen LogP contribution in [0.25, 0.3) is 0 Å². The van der Waals surface area contributed by atoms with Gasteiger partial charge in [-0.1, -0.05) is 11.6 Å². The number of anilines is 1. The number of ether oxygens (including phenoxy) is 1. The van der Waals surface area contributed by atoms with Gasteiger partial charge in [-0.15, -0.1) is 0 Å². The number of hydrogen-bond donors (Lipinski definition) is 1. The van der Waals surface area contributed by atoms with Crippen LogP contribution in [0.2, 0.25) is 5.15 Å². The first-order valence-corrected chi connectivity index (χ1v) is 5.67. The van der Waals surface area contributed by atoms with Gasteiger partial charge in [0.2, 0.25) is 5.95 Å². The second kappa shape index (κ2) is 5.29. The first-order chi connectivity index (χ1) is 8.20. The van der Waals surface area contributed by atoms with Crippen LogP contribution in [-0.4, -0.2) is 49.2 Å². The molecule has 0 aliphatic carbocycles. The standard InChI is InChI=1S/C10H13ClN4O2/c1-17-9(16)7-6-8(11)14-10(13-7)15-4-2-12-3-5-15/h6,12H,2-5H2,1H3. The average molecular weight is 257 g/mol. The van der Waals surface area contributed by atoms with E-state index in [9.17, 15) is 4.79 Å². The molecule has 0 radical (unpaired) electrons. The Morgan fingerprint density at radius 3 is 2.82 bits per heavy atom. The zero-order valence-electron chi connectivity index (χ0n) is 9.44. The Hall–Kier alpha value is -1.40. The summed E-state index contributed by atoms with van der Waals surface area (Å²) in [7, 11) is 1.31. The number of esters is 1. The van der Waals surface area contributed by atoms with Crippen molar-refractivity contribution in [3.8, 4) is 0 Å². The van der Waals surface area contributed by atoms with Crippen molar-refractivity contribution in [3.05, 3.63) is 16.9 Å². The van der Waals surface area contributed by atoms with Crippen LogP contribution in [0, 0.1) is 0 Å². The minimum Gasteiger partial charge on any atom is -0.464 e. The van der Waals surface area contributed by atoms with Gasteiger partial charge >= 0.3 is 5.97 Å². The Morgan fingerprint density at radius 1 is 1.47 bits per heavy atom. The summed E-state index contributed by atoms with van der Waals surface area (Å²) in [6.45, 7) is 3.31. The number of hydrogen-bond acceptors (Lipinski definition) is 6. The highest BCUT2D eigenvalue weighted by molar-refractivity contribution is 6.29. The summed E-state index contributed by atoms with van der Waals surface area (Å²) in [5.74, 6) is -0.0370. The van der Waals surface area contributed by atoms with E-state index in [0.717, 1.165) is 26.2 Å². The fourth-order valence-electron chi connectivity index (χ4n) is 1.62. The molecule has 92 valence electrons. The molecule has 2 heterocycles. The molecule has 1 saturated heterocycles. The molecule has 0 aromatic carbocycles. The Bertz CT molecular complexity index is 421. The average Bonchev–Trinajstić information content (AvgIpc) is 2.38. The van der Waals surface area contributed by atoms with Gasteiger partial charge in [0, 0.05) is 32.2 Å². The van der Waals surface area contributed by atoms with Crippen LogP contribution in [0.4, 0.5) is 5.95 Å². The van der Waals surface area contributed by atoms with Gasteiger partial charge < -0.3 is 15.0 Å². The number of rotatable bonds is 2. The van der Waals surface area contributed by atoms with Crippen molar-refractivity contribution in [2.45, 2.75) is 0 Å². The summed E-state index contributed by atoms with van der Waals surface area (Å²) >= 11 is 5.87. The van der Waals surface area contributed by atoms with E-state index in [1.54, 1.807) is 0 Å². The Labute approximate surface area is 104 Å². The van der Waals surface area contributed by atoms with Crippen LogP contribution in [0.15, 0.2) is 6.07 Å². The van der Waals surface area contributed by atoms with Crippen molar-refractivity contribution in [3.63, 3.8) is 0 Å². The molecule has 6 nitrogen and oxygen atoms in total. The topological polar surface area (TPSA) is 67.3 Å². The van der Waals surface area contributed by atoms with Gasteiger partial charge in [-0.25, -0.2) is 14.8 Å². The molecular weight excluding hydrogens is 244 g/mol. The molecule has 1 aliphatic rings. The van der Waals surface area contributed by atoms with Crippen LogP contribution in [0.1, 0.15) is 10.5 Å². The highest BCUT2D eigenvalue weighted by Gasteiger charge is 2.17. The molecule has 1 N–H and O–H groups in total. The van der Waals surface area contributed by atoms with Gasteiger partial charge in [0.05, 0.1) is 7.11 Å². The number of carbonyl (C=O) groups excluding carboxylic acids is 1. The maximum atomic E-state index is 11.4. The molecule has 2 rings (SSSR count). The SMILES string of the molecule is COC(=O)c1cc(Cl)nc(N2CCNCC2)n1. The molecule has 0 bridgehead atoms. The zero-order valence-corrected chi connectivity index (χ0v) is 10.2. The summed E-state index contributed by atoms with van der Waals surface area (Å²) < 4.78 is 4.61. The molecule has 1 fully saturated rings. The number of methoxy groups -OCH3 is 1. The summed E-state index contributed by atoms with van der Waals surface area (Å²) in [6, 6.07) is 1.40. The number of nitrogens with one attached hydrogen (secondary N) is 1. The monoisotopic (exact) mass is 256 g/mol. The molecule has 1 aliphatic heterocycles. The number of nitrogens with zero attached hydrogens (tertiary/aromatic N) is 3. The minimum absolute atomic E-state index is 0.182. The number of carbonyl (C=O) groups is 1. The van der Waals surface area contributed by atoms with Crippen LogP contribution < -0.4 is 10.2 Å². The molecule has 1 aromatic rings. The lowest BCUT2D eigenvalue weighted by Crippen LogP contribution is -2.44. The third kappa shape index (κ3) is 2.83. The van der Waals surface area contributed by atoms with Gasteiger partial charge in [0.15, 0.2) is 5.69 Å². The normalized spacial score (nSPS) is 15.8. The van der Waals surface area contributed by atoms with E-state index < -0.39 is 5.97 Å². The van der Waals surface area contributed by atoms with Crippen molar-refractivity contribution in [2.75, 3.05) is 38.2 Å². The quantitative estimate of drug-likeness (QED) is 0.608. The van der Waals surface area contributed by atoms with Crippen LogP contribution in [0.5, 0.6) is 0 Å². The zero-order chi connectivity index (χ0) is 12.3. The summed E-state index contributed by atoms with van der Waals surface area (Å²) in [5, 5.41) is 3.47. The third-order valence-electron chi connectivity index (χ3n) is 2.48. The van der Waals surface area contributed by atoms with Crippen LogP contribution in [0.3, 0.4) is 0 Å². The van der Waals surface area contributed by atoms with E-state index in [1.165, 1.54) is 13.2 Å². The van der Waals surface area contributed by atoms with Gasteiger partial charge in [-0.05, 0) is 0 Å². The molecule has 17 heavy (non-hydrogen) atoms. The van der Waals surface area contributed by atoms with Gasteiger partial charge in [0.1, 0.15) is 5.15 Å². The predicted molar refractivity (Wildman–Crippen MR) is 63.5 cm³/mol. The van der Waals surface area contributed by atoms with E-state index in [-0.39, 0.29) is 10.8 Å². The first-order valence-electron chi connectivity index (χ1n) is 5.29. The van der Waals surface area contributed by atoms with Crippen molar-refractivity contribution >= 4 is 23.5 Å². The van der Waals surface area contributed by atoms with Crippen molar-refractivity contribution in [1.29, 1.82) is 0 Å². The number of piperazine rings is 1. The summed E-state index contributed by atoms with van der Waals surface area (Å²) in [5.41, 5.74) is 0.182. The van der Waals surface area contributed by atoms with E-state index in [2.05, 4.69) is 20.0 Å². The van der Waals surface area contributed by atoms with Crippen LogP contribution >= 0.6 is 11.6 Å². The van der Waals surface area contributed by atoms with E-state index in [0.29, 0.717) is 5.95 Å².